The molecular weight excluding hydrogens is 314 g/mol. The molecule has 3 rings (SSSR count). The second kappa shape index (κ2) is 7.56. The van der Waals surface area contributed by atoms with Crippen LogP contribution in [0.5, 0.6) is 0 Å². The molecule has 0 aromatic heterocycles. The van der Waals surface area contributed by atoms with E-state index < -0.39 is 0 Å². The first-order valence-electron chi connectivity index (χ1n) is 9.37. The monoisotopic (exact) mass is 343 g/mol. The minimum Gasteiger partial charge on any atom is -0.342 e. The van der Waals surface area contributed by atoms with Crippen molar-refractivity contribution in [3.8, 4) is 0 Å². The summed E-state index contributed by atoms with van der Waals surface area (Å²) in [6, 6.07) is 9.62. The summed E-state index contributed by atoms with van der Waals surface area (Å²) >= 11 is 0. The molecule has 2 fully saturated rings. The van der Waals surface area contributed by atoms with Crippen LogP contribution in [0, 0.1) is 5.41 Å². The minimum atomic E-state index is -0.282. The van der Waals surface area contributed by atoms with Crippen LogP contribution in [-0.4, -0.2) is 54.8 Å². The van der Waals surface area contributed by atoms with Gasteiger partial charge in [-0.1, -0.05) is 30.3 Å². The van der Waals surface area contributed by atoms with E-state index in [1.54, 1.807) is 0 Å². The molecule has 1 spiro atoms. The Kier molecular flexibility index (Phi) is 5.42. The number of rotatable bonds is 4. The van der Waals surface area contributed by atoms with Crippen LogP contribution >= 0.6 is 0 Å². The highest BCUT2D eigenvalue weighted by atomic mass is 16.2. The van der Waals surface area contributed by atoms with Crippen molar-refractivity contribution in [1.29, 1.82) is 0 Å². The first-order valence-corrected chi connectivity index (χ1v) is 9.37. The number of hydrogen-bond donors (Lipinski definition) is 1. The fraction of sp³-hybridized carbons (Fsp3) is 0.600. The van der Waals surface area contributed by atoms with E-state index in [9.17, 15) is 9.59 Å². The van der Waals surface area contributed by atoms with Crippen molar-refractivity contribution >= 4 is 11.8 Å². The van der Waals surface area contributed by atoms with E-state index in [0.29, 0.717) is 6.42 Å². The predicted molar refractivity (Wildman–Crippen MR) is 98.0 cm³/mol. The van der Waals surface area contributed by atoms with Crippen molar-refractivity contribution in [2.24, 2.45) is 5.41 Å². The first kappa shape index (κ1) is 17.9. The zero-order valence-corrected chi connectivity index (χ0v) is 15.3. The number of hydrogen-bond acceptors (Lipinski definition) is 3. The first-order chi connectivity index (χ1) is 12.1. The van der Waals surface area contributed by atoms with Gasteiger partial charge < -0.3 is 15.1 Å². The minimum absolute atomic E-state index is 0.155. The highest BCUT2D eigenvalue weighted by Crippen LogP contribution is 2.40. The molecule has 1 N–H and O–H groups in total. The average Bonchev–Trinajstić information content (AvgIpc) is 2.66. The predicted octanol–water partition coefficient (Wildman–Crippen LogP) is 2.20. The van der Waals surface area contributed by atoms with E-state index in [1.165, 1.54) is 0 Å². The number of likely N-dealkylation sites (N-methyl/N-ethyl adjacent to an activating group) is 1. The van der Waals surface area contributed by atoms with Gasteiger partial charge in [-0.15, -0.1) is 0 Å². The molecule has 5 heteroatoms. The molecule has 0 saturated carbocycles. The molecule has 136 valence electrons. The molecule has 5 nitrogen and oxygen atoms in total. The van der Waals surface area contributed by atoms with Crippen molar-refractivity contribution in [1.82, 2.24) is 15.1 Å². The van der Waals surface area contributed by atoms with Crippen molar-refractivity contribution in [2.45, 2.75) is 38.6 Å². The number of piperidine rings is 2. The lowest BCUT2D eigenvalue weighted by atomic mass is 9.72. The number of carbonyl (C=O) groups is 2. The van der Waals surface area contributed by atoms with Crippen molar-refractivity contribution in [3.63, 3.8) is 0 Å². The maximum absolute atomic E-state index is 13.0. The van der Waals surface area contributed by atoms with Gasteiger partial charge in [0.15, 0.2) is 0 Å². The number of amides is 2. The summed E-state index contributed by atoms with van der Waals surface area (Å²) in [5.41, 5.74) is 1.22. The molecule has 0 radical (unpaired) electrons. The van der Waals surface area contributed by atoms with Gasteiger partial charge in [-0.05, 0) is 44.2 Å². The van der Waals surface area contributed by atoms with E-state index in [0.717, 1.165) is 51.0 Å². The number of nitrogens with one attached hydrogen (secondary N) is 1. The Morgan fingerprint density at radius 2 is 1.88 bits per heavy atom. The maximum atomic E-state index is 13.0. The summed E-state index contributed by atoms with van der Waals surface area (Å²) in [5.74, 6) is 0.439. The normalized spacial score (nSPS) is 21.4. The van der Waals surface area contributed by atoms with Crippen LogP contribution in [-0.2, 0) is 9.59 Å². The quantitative estimate of drug-likeness (QED) is 0.912. The molecule has 0 unspecified atom stereocenters. The zero-order valence-electron chi connectivity index (χ0n) is 15.3. The lowest BCUT2D eigenvalue weighted by Gasteiger charge is -2.47. The molecule has 2 aliphatic heterocycles. The summed E-state index contributed by atoms with van der Waals surface area (Å²) in [5, 5.41) is 3.16. The van der Waals surface area contributed by atoms with Crippen LogP contribution in [0.1, 0.15) is 44.2 Å². The topological polar surface area (TPSA) is 52.7 Å². The molecule has 2 heterocycles. The Labute approximate surface area is 150 Å². The van der Waals surface area contributed by atoms with Crippen LogP contribution in [0.15, 0.2) is 30.3 Å². The van der Waals surface area contributed by atoms with E-state index in [-0.39, 0.29) is 23.3 Å². The van der Waals surface area contributed by atoms with Gasteiger partial charge in [0.1, 0.15) is 6.04 Å². The Morgan fingerprint density at radius 1 is 1.20 bits per heavy atom. The Bertz CT molecular complexity index is 609. The fourth-order valence-electron chi connectivity index (χ4n) is 4.26. The van der Waals surface area contributed by atoms with E-state index in [1.807, 2.05) is 54.1 Å². The number of carbonyl (C=O) groups excluding carboxylic acids is 2. The molecule has 1 atom stereocenters. The van der Waals surface area contributed by atoms with Gasteiger partial charge in [0.25, 0.3) is 0 Å². The molecule has 0 bridgehead atoms. The Hall–Kier alpha value is -1.88. The van der Waals surface area contributed by atoms with Gasteiger partial charge in [-0.3, -0.25) is 9.59 Å². The summed E-state index contributed by atoms with van der Waals surface area (Å²) in [6.45, 7) is 5.27. The molecule has 1 aromatic rings. The number of likely N-dealkylation sites (tertiary alicyclic amines) is 2. The van der Waals surface area contributed by atoms with Gasteiger partial charge >= 0.3 is 0 Å². The number of nitrogens with zero attached hydrogens (tertiary/aromatic N) is 2. The van der Waals surface area contributed by atoms with Gasteiger partial charge in [0.05, 0.1) is 0 Å². The highest BCUT2D eigenvalue weighted by Gasteiger charge is 2.41. The van der Waals surface area contributed by atoms with Gasteiger partial charge in [0.2, 0.25) is 11.8 Å². The summed E-state index contributed by atoms with van der Waals surface area (Å²) in [4.78, 5) is 28.9. The van der Waals surface area contributed by atoms with Crippen LogP contribution in [0.25, 0.3) is 0 Å². The van der Waals surface area contributed by atoms with Crippen LogP contribution in [0.4, 0.5) is 0 Å². The third-order valence-electron chi connectivity index (χ3n) is 5.93. The van der Waals surface area contributed by atoms with Crippen LogP contribution in [0.2, 0.25) is 0 Å². The maximum Gasteiger partial charge on any atom is 0.244 e. The van der Waals surface area contributed by atoms with E-state index in [4.69, 9.17) is 0 Å². The summed E-state index contributed by atoms with van der Waals surface area (Å²) in [6.07, 6.45) is 3.62. The molecule has 25 heavy (non-hydrogen) atoms. The second-order valence-corrected chi connectivity index (χ2v) is 7.37. The lowest BCUT2D eigenvalue weighted by molar-refractivity contribution is -0.143. The second-order valence-electron chi connectivity index (χ2n) is 7.37. The highest BCUT2D eigenvalue weighted by molar-refractivity contribution is 5.83. The zero-order chi connectivity index (χ0) is 17.9. The Morgan fingerprint density at radius 3 is 2.48 bits per heavy atom. The van der Waals surface area contributed by atoms with Gasteiger partial charge in [-0.25, -0.2) is 0 Å². The molecule has 1 aromatic carbocycles. The van der Waals surface area contributed by atoms with E-state index in [2.05, 4.69) is 5.32 Å². The summed E-state index contributed by atoms with van der Waals surface area (Å²) < 4.78 is 0. The smallest absolute Gasteiger partial charge is 0.244 e. The third kappa shape index (κ3) is 3.71. The SMILES string of the molecule is CCN1CC2(CCC1=O)CCN(C(=O)[C@@H](NC)c1ccccc1)CC2. The molecule has 2 amide bonds. The van der Waals surface area contributed by atoms with E-state index >= 15 is 0 Å². The molecular formula is C20H29N3O2. The van der Waals surface area contributed by atoms with Crippen molar-refractivity contribution < 1.29 is 9.59 Å². The molecule has 2 aliphatic rings. The summed E-state index contributed by atoms with van der Waals surface area (Å²) in [7, 11) is 1.84. The standard InChI is InChI=1S/C20H29N3O2/c1-3-22-15-20(10-9-17(22)24)11-13-23(14-12-20)19(25)18(21-2)16-7-5-4-6-8-16/h4-8,18,21H,3,9-15H2,1-2H3/t18-/m0/s1. The van der Waals surface area contributed by atoms with Crippen molar-refractivity contribution in [3.05, 3.63) is 35.9 Å². The largest absolute Gasteiger partial charge is 0.342 e. The average molecular weight is 343 g/mol. The lowest BCUT2D eigenvalue weighted by Crippen LogP contribution is -2.53. The Balaban J connectivity index is 1.63. The molecule has 2 saturated heterocycles. The van der Waals surface area contributed by atoms with Gasteiger partial charge in [-0.2, -0.15) is 0 Å². The third-order valence-corrected chi connectivity index (χ3v) is 5.93. The van der Waals surface area contributed by atoms with Crippen LogP contribution < -0.4 is 5.32 Å². The molecule has 0 aliphatic carbocycles. The van der Waals surface area contributed by atoms with Crippen LogP contribution in [0.3, 0.4) is 0 Å². The van der Waals surface area contributed by atoms with Crippen molar-refractivity contribution in [2.75, 3.05) is 33.2 Å². The fourth-order valence-corrected chi connectivity index (χ4v) is 4.26. The number of benzene rings is 1. The van der Waals surface area contributed by atoms with Gasteiger partial charge in [0, 0.05) is 32.6 Å².